The highest BCUT2D eigenvalue weighted by Gasteiger charge is 2.21. The minimum Gasteiger partial charge on any atom is -0.233 e. The molecule has 0 aliphatic rings. The molecule has 0 aromatic carbocycles. The van der Waals surface area contributed by atoms with Crippen molar-refractivity contribution < 1.29 is 5.11 Å². The molecule has 0 amide bonds. The summed E-state index contributed by atoms with van der Waals surface area (Å²) in [5.41, 5.74) is 0. The van der Waals surface area contributed by atoms with Crippen LogP contribution in [-0.2, 0) is 5.11 Å². The molecule has 0 spiro atoms. The van der Waals surface area contributed by atoms with E-state index in [1.165, 1.54) is 0 Å². The third-order valence-electron chi connectivity index (χ3n) is 0.992. The lowest BCUT2D eigenvalue weighted by molar-refractivity contribution is 0.0902. The minimum atomic E-state index is -0.619. The van der Waals surface area contributed by atoms with Crippen molar-refractivity contribution in [1.29, 1.82) is 0 Å². The van der Waals surface area contributed by atoms with E-state index in [4.69, 9.17) is 23.2 Å². The van der Waals surface area contributed by atoms with E-state index in [1.54, 1.807) is 13.8 Å². The van der Waals surface area contributed by atoms with E-state index in [-0.39, 0.29) is 0 Å². The number of alkyl halides is 2. The van der Waals surface area contributed by atoms with Crippen LogP contribution < -0.4 is 0 Å². The van der Waals surface area contributed by atoms with Crippen LogP contribution in [0.25, 0.3) is 0 Å². The summed E-state index contributed by atoms with van der Waals surface area (Å²) in [4.78, 5) is -0.511. The second kappa shape index (κ2) is 3.65. The Morgan fingerprint density at radius 3 is 2.22 bits per heavy atom. The van der Waals surface area contributed by atoms with E-state index in [2.05, 4.69) is 0 Å². The standard InChI is InChI=1S/C6H11Cl2O/c1-5(9)3-6(2,8)4-7/h5H,3-4H2,1-2H3. The largest absolute Gasteiger partial charge is 0.233 e. The Balaban J connectivity index is 3.58. The summed E-state index contributed by atoms with van der Waals surface area (Å²) >= 11 is 11.3. The molecule has 1 nitrogen and oxygen atoms in total. The average Bonchev–Trinajstić information content (AvgIpc) is 1.63. The molecule has 9 heavy (non-hydrogen) atoms. The molecule has 2 atom stereocenters. The van der Waals surface area contributed by atoms with Crippen LogP contribution in [0.15, 0.2) is 0 Å². The molecule has 0 fully saturated rings. The molecule has 0 N–H and O–H groups in total. The lowest BCUT2D eigenvalue weighted by Gasteiger charge is -2.18. The smallest absolute Gasteiger partial charge is 0.0919 e. The van der Waals surface area contributed by atoms with Crippen LogP contribution in [0, 0.1) is 0 Å². The zero-order chi connectivity index (χ0) is 7.49. The van der Waals surface area contributed by atoms with E-state index in [0.717, 1.165) is 0 Å². The molecule has 55 valence electrons. The van der Waals surface area contributed by atoms with Crippen LogP contribution in [0.3, 0.4) is 0 Å². The molecular formula is C6H11Cl2O. The average molecular weight is 170 g/mol. The Hall–Kier alpha value is 0.540. The maximum atomic E-state index is 10.6. The second-order valence-corrected chi connectivity index (χ2v) is 3.74. The first-order valence-electron chi connectivity index (χ1n) is 2.88. The summed E-state index contributed by atoms with van der Waals surface area (Å²) < 4.78 is 0. The molecule has 2 unspecified atom stereocenters. The molecule has 0 rings (SSSR count). The topological polar surface area (TPSA) is 19.9 Å². The third-order valence-corrected chi connectivity index (χ3v) is 2.01. The van der Waals surface area contributed by atoms with E-state index in [9.17, 15) is 5.11 Å². The quantitative estimate of drug-likeness (QED) is 0.579. The first-order chi connectivity index (χ1) is 3.98. The third kappa shape index (κ3) is 5.01. The highest BCUT2D eigenvalue weighted by molar-refractivity contribution is 6.30. The van der Waals surface area contributed by atoms with Crippen molar-refractivity contribution in [2.75, 3.05) is 5.88 Å². The van der Waals surface area contributed by atoms with Gasteiger partial charge >= 0.3 is 0 Å². The zero-order valence-corrected chi connectivity index (χ0v) is 7.17. The van der Waals surface area contributed by atoms with Gasteiger partial charge in [0.15, 0.2) is 0 Å². The SMILES string of the molecule is CC([O])CC(C)(Cl)CCl. The monoisotopic (exact) mass is 169 g/mol. The molecule has 3 heteroatoms. The maximum Gasteiger partial charge on any atom is 0.0919 e. The van der Waals surface area contributed by atoms with Gasteiger partial charge in [0.2, 0.25) is 0 Å². The highest BCUT2D eigenvalue weighted by atomic mass is 35.5. The number of hydrogen-bond acceptors (Lipinski definition) is 0. The molecule has 1 radical (unpaired) electrons. The summed E-state index contributed by atoms with van der Waals surface area (Å²) in [6.07, 6.45) is -0.191. The normalized spacial score (nSPS) is 21.0. The van der Waals surface area contributed by atoms with Gasteiger partial charge in [-0.05, 0) is 20.3 Å². The summed E-state index contributed by atoms with van der Waals surface area (Å²) in [5, 5.41) is 10.6. The fourth-order valence-corrected chi connectivity index (χ4v) is 0.980. The van der Waals surface area contributed by atoms with Crippen molar-refractivity contribution in [3.63, 3.8) is 0 Å². The predicted molar refractivity (Wildman–Crippen MR) is 39.7 cm³/mol. The van der Waals surface area contributed by atoms with Crippen LogP contribution in [0.5, 0.6) is 0 Å². The molecule has 0 saturated heterocycles. The molecule has 0 aromatic heterocycles. The van der Waals surface area contributed by atoms with Gasteiger partial charge in [0, 0.05) is 5.88 Å². The van der Waals surface area contributed by atoms with E-state index in [0.29, 0.717) is 12.3 Å². The Morgan fingerprint density at radius 2 is 2.11 bits per heavy atom. The minimum absolute atomic E-state index is 0.334. The Labute approximate surface area is 66.0 Å². The number of rotatable bonds is 3. The molecule has 0 aliphatic carbocycles. The summed E-state index contributed by atoms with van der Waals surface area (Å²) in [6.45, 7) is 3.36. The fourth-order valence-electron chi connectivity index (χ4n) is 0.654. The fraction of sp³-hybridized carbons (Fsp3) is 1.00. The van der Waals surface area contributed by atoms with Crippen molar-refractivity contribution in [2.24, 2.45) is 0 Å². The van der Waals surface area contributed by atoms with Gasteiger partial charge in [-0.25, -0.2) is 5.11 Å². The van der Waals surface area contributed by atoms with Crippen molar-refractivity contribution in [2.45, 2.75) is 31.2 Å². The summed E-state index contributed by atoms with van der Waals surface area (Å²) in [5.74, 6) is 0.334. The molecule has 0 aromatic rings. The van der Waals surface area contributed by atoms with E-state index < -0.39 is 11.0 Å². The van der Waals surface area contributed by atoms with Crippen LogP contribution in [0.1, 0.15) is 20.3 Å². The summed E-state index contributed by atoms with van der Waals surface area (Å²) in [6, 6.07) is 0. The van der Waals surface area contributed by atoms with Gasteiger partial charge in [-0.15, -0.1) is 23.2 Å². The Bertz CT molecular complexity index is 81.1. The van der Waals surface area contributed by atoms with Crippen molar-refractivity contribution in [1.82, 2.24) is 0 Å². The number of halogens is 2. The lowest BCUT2D eigenvalue weighted by Crippen LogP contribution is -2.23. The Morgan fingerprint density at radius 1 is 1.67 bits per heavy atom. The molecular weight excluding hydrogens is 159 g/mol. The van der Waals surface area contributed by atoms with Gasteiger partial charge in [0.25, 0.3) is 0 Å². The van der Waals surface area contributed by atoms with Crippen molar-refractivity contribution in [3.05, 3.63) is 0 Å². The van der Waals surface area contributed by atoms with Crippen LogP contribution in [0.4, 0.5) is 0 Å². The summed E-state index contributed by atoms with van der Waals surface area (Å²) in [7, 11) is 0. The number of hydrogen-bond donors (Lipinski definition) is 0. The van der Waals surface area contributed by atoms with Gasteiger partial charge in [-0.2, -0.15) is 0 Å². The lowest BCUT2D eigenvalue weighted by atomic mass is 10.1. The second-order valence-electron chi connectivity index (χ2n) is 2.56. The molecule has 0 aliphatic heterocycles. The van der Waals surface area contributed by atoms with Gasteiger partial charge in [-0.3, -0.25) is 0 Å². The first-order valence-corrected chi connectivity index (χ1v) is 3.80. The van der Waals surface area contributed by atoms with Gasteiger partial charge in [0.05, 0.1) is 11.0 Å². The Kier molecular flexibility index (Phi) is 3.86. The molecule has 0 saturated carbocycles. The van der Waals surface area contributed by atoms with Crippen LogP contribution in [0.2, 0.25) is 0 Å². The van der Waals surface area contributed by atoms with Crippen molar-refractivity contribution in [3.8, 4) is 0 Å². The first kappa shape index (κ1) is 9.54. The van der Waals surface area contributed by atoms with E-state index >= 15 is 0 Å². The van der Waals surface area contributed by atoms with E-state index in [1.807, 2.05) is 0 Å². The van der Waals surface area contributed by atoms with Gasteiger partial charge in [-0.1, -0.05) is 0 Å². The predicted octanol–water partition coefficient (Wildman–Crippen LogP) is 2.43. The van der Waals surface area contributed by atoms with Crippen molar-refractivity contribution >= 4 is 23.2 Å². The molecule has 0 bridgehead atoms. The van der Waals surface area contributed by atoms with Crippen LogP contribution in [-0.4, -0.2) is 16.9 Å². The maximum absolute atomic E-state index is 10.6. The highest BCUT2D eigenvalue weighted by Crippen LogP contribution is 2.22. The van der Waals surface area contributed by atoms with Gasteiger partial charge in [0.1, 0.15) is 0 Å². The van der Waals surface area contributed by atoms with Crippen LogP contribution >= 0.6 is 23.2 Å². The van der Waals surface area contributed by atoms with Gasteiger partial charge < -0.3 is 0 Å². The zero-order valence-electron chi connectivity index (χ0n) is 5.66. The molecule has 0 heterocycles.